The molecule has 4 nitrogen and oxygen atoms in total. The van der Waals surface area contributed by atoms with E-state index in [1.54, 1.807) is 6.20 Å². The van der Waals surface area contributed by atoms with Gasteiger partial charge in [-0.3, -0.25) is 0 Å². The summed E-state index contributed by atoms with van der Waals surface area (Å²) in [7, 11) is 4.07. The van der Waals surface area contributed by atoms with E-state index < -0.39 is 0 Å². The lowest BCUT2D eigenvalue weighted by atomic mass is 10.1. The van der Waals surface area contributed by atoms with Crippen molar-refractivity contribution in [3.63, 3.8) is 0 Å². The van der Waals surface area contributed by atoms with Crippen LogP contribution in [0.3, 0.4) is 0 Å². The van der Waals surface area contributed by atoms with Crippen molar-refractivity contribution >= 4 is 0 Å². The first kappa shape index (κ1) is 13.9. The van der Waals surface area contributed by atoms with Crippen LogP contribution in [0.4, 0.5) is 0 Å². The number of likely N-dealkylation sites (N-methyl/N-ethyl adjacent to an activating group) is 1. The van der Waals surface area contributed by atoms with E-state index in [9.17, 15) is 0 Å². The van der Waals surface area contributed by atoms with Gasteiger partial charge in [0, 0.05) is 23.8 Å². The molecule has 2 N–H and O–H groups in total. The van der Waals surface area contributed by atoms with Crippen LogP contribution in [0.1, 0.15) is 32.4 Å². The molecule has 0 aliphatic rings. The molecule has 0 bridgehead atoms. The van der Waals surface area contributed by atoms with E-state index in [0.29, 0.717) is 12.5 Å². The third kappa shape index (κ3) is 3.98. The maximum absolute atomic E-state index is 5.82. The summed E-state index contributed by atoms with van der Waals surface area (Å²) >= 11 is 0. The van der Waals surface area contributed by atoms with E-state index >= 15 is 0 Å². The van der Waals surface area contributed by atoms with Crippen LogP contribution in [0, 0.1) is 0 Å². The smallest absolute Gasteiger partial charge is 0.213 e. The number of hydrogen-bond donors (Lipinski definition) is 1. The predicted molar refractivity (Wildman–Crippen MR) is 70.1 cm³/mol. The lowest BCUT2D eigenvalue weighted by Crippen LogP contribution is -2.43. The number of nitrogens with zero attached hydrogens (tertiary/aromatic N) is 2. The van der Waals surface area contributed by atoms with Gasteiger partial charge >= 0.3 is 0 Å². The fraction of sp³-hybridized carbons (Fsp3) is 0.615. The summed E-state index contributed by atoms with van der Waals surface area (Å²) in [6.45, 7) is 6.79. The second kappa shape index (κ2) is 5.47. The molecule has 0 aliphatic carbocycles. The molecule has 0 saturated carbocycles. The molecule has 0 spiro atoms. The summed E-state index contributed by atoms with van der Waals surface area (Å²) in [6, 6.07) is 3.81. The highest BCUT2D eigenvalue weighted by Gasteiger charge is 2.21. The zero-order valence-electron chi connectivity index (χ0n) is 11.4. The minimum Gasteiger partial charge on any atom is -0.476 e. The second-order valence-corrected chi connectivity index (χ2v) is 5.21. The van der Waals surface area contributed by atoms with Gasteiger partial charge in [-0.1, -0.05) is 0 Å². The normalized spacial score (nSPS) is 13.8. The van der Waals surface area contributed by atoms with Crippen LogP contribution in [-0.4, -0.2) is 36.1 Å². The molecule has 1 atom stereocenters. The third-order valence-corrected chi connectivity index (χ3v) is 3.07. The summed E-state index contributed by atoms with van der Waals surface area (Å²) in [5.41, 5.74) is 6.84. The van der Waals surface area contributed by atoms with Gasteiger partial charge in [0.25, 0.3) is 0 Å². The summed E-state index contributed by atoms with van der Waals surface area (Å²) in [5.74, 6) is 0.634. The van der Waals surface area contributed by atoms with Gasteiger partial charge in [0.05, 0.1) is 0 Å². The van der Waals surface area contributed by atoms with Crippen LogP contribution in [-0.2, 0) is 0 Å². The predicted octanol–water partition coefficient (Wildman–Crippen LogP) is 1.82. The maximum Gasteiger partial charge on any atom is 0.213 e. The van der Waals surface area contributed by atoms with Crippen LogP contribution < -0.4 is 10.5 Å². The monoisotopic (exact) mass is 237 g/mol. The van der Waals surface area contributed by atoms with Gasteiger partial charge in [-0.25, -0.2) is 4.98 Å². The van der Waals surface area contributed by atoms with Crippen molar-refractivity contribution < 1.29 is 4.74 Å². The van der Waals surface area contributed by atoms with E-state index in [2.05, 4.69) is 23.7 Å². The first-order chi connectivity index (χ1) is 7.83. The minimum atomic E-state index is -0.0218. The number of aromatic nitrogens is 1. The molecule has 17 heavy (non-hydrogen) atoms. The summed E-state index contributed by atoms with van der Waals surface area (Å²) in [5, 5.41) is 0. The highest BCUT2D eigenvalue weighted by atomic mass is 16.5. The minimum absolute atomic E-state index is 0.00205. The standard InChI is InChI=1S/C13H23N3O/c1-10(14)11-6-7-15-12(8-11)17-9-13(2,3)16(4)5/h6-8,10H,9,14H2,1-5H3. The molecule has 0 aromatic carbocycles. The van der Waals surface area contributed by atoms with Crippen LogP contribution >= 0.6 is 0 Å². The summed E-state index contributed by atoms with van der Waals surface area (Å²) in [6.07, 6.45) is 1.73. The molecule has 1 heterocycles. The van der Waals surface area contributed by atoms with E-state index in [1.165, 1.54) is 0 Å². The maximum atomic E-state index is 5.82. The van der Waals surface area contributed by atoms with Crippen molar-refractivity contribution in [2.45, 2.75) is 32.4 Å². The Morgan fingerprint density at radius 2 is 2.12 bits per heavy atom. The quantitative estimate of drug-likeness (QED) is 0.848. The lowest BCUT2D eigenvalue weighted by Gasteiger charge is -2.31. The zero-order chi connectivity index (χ0) is 13.1. The van der Waals surface area contributed by atoms with Crippen molar-refractivity contribution in [3.8, 4) is 5.88 Å². The van der Waals surface area contributed by atoms with Crippen molar-refractivity contribution in [1.29, 1.82) is 0 Å². The molecule has 1 rings (SSSR count). The number of ether oxygens (including phenoxy) is 1. The van der Waals surface area contributed by atoms with Crippen molar-refractivity contribution in [3.05, 3.63) is 23.9 Å². The zero-order valence-corrected chi connectivity index (χ0v) is 11.4. The Labute approximate surface area is 104 Å². The first-order valence-corrected chi connectivity index (χ1v) is 5.84. The van der Waals surface area contributed by atoms with E-state index in [1.807, 2.05) is 33.2 Å². The Morgan fingerprint density at radius 3 is 2.65 bits per heavy atom. The van der Waals surface area contributed by atoms with Crippen LogP contribution in [0.5, 0.6) is 5.88 Å². The van der Waals surface area contributed by atoms with Crippen molar-refractivity contribution in [2.24, 2.45) is 5.73 Å². The van der Waals surface area contributed by atoms with Gasteiger partial charge in [-0.05, 0) is 46.5 Å². The fourth-order valence-electron chi connectivity index (χ4n) is 1.17. The lowest BCUT2D eigenvalue weighted by molar-refractivity contribution is 0.111. The SMILES string of the molecule is CC(N)c1ccnc(OCC(C)(C)N(C)C)c1. The van der Waals surface area contributed by atoms with Crippen LogP contribution in [0.2, 0.25) is 0 Å². The number of hydrogen-bond acceptors (Lipinski definition) is 4. The highest BCUT2D eigenvalue weighted by Crippen LogP contribution is 2.17. The molecule has 0 amide bonds. The second-order valence-electron chi connectivity index (χ2n) is 5.21. The number of rotatable bonds is 5. The van der Waals surface area contributed by atoms with Crippen molar-refractivity contribution in [2.75, 3.05) is 20.7 Å². The topological polar surface area (TPSA) is 51.4 Å². The number of pyridine rings is 1. The molecular formula is C13H23N3O. The van der Waals surface area contributed by atoms with Gasteiger partial charge in [0.15, 0.2) is 0 Å². The Morgan fingerprint density at radius 1 is 1.47 bits per heavy atom. The molecule has 0 saturated heterocycles. The van der Waals surface area contributed by atoms with Gasteiger partial charge < -0.3 is 15.4 Å². The molecule has 1 aromatic rings. The molecule has 0 aliphatic heterocycles. The highest BCUT2D eigenvalue weighted by molar-refractivity contribution is 5.22. The largest absolute Gasteiger partial charge is 0.476 e. The molecule has 96 valence electrons. The Hall–Kier alpha value is -1.13. The molecular weight excluding hydrogens is 214 g/mol. The Bertz CT molecular complexity index is 361. The Kier molecular flexibility index (Phi) is 4.48. The fourth-order valence-corrected chi connectivity index (χ4v) is 1.17. The number of nitrogens with two attached hydrogens (primary N) is 1. The first-order valence-electron chi connectivity index (χ1n) is 5.84. The molecule has 0 fully saturated rings. The van der Waals surface area contributed by atoms with Gasteiger partial charge in [-0.15, -0.1) is 0 Å². The molecule has 1 unspecified atom stereocenters. The molecule has 1 aromatic heterocycles. The average molecular weight is 237 g/mol. The van der Waals surface area contributed by atoms with Crippen LogP contribution in [0.15, 0.2) is 18.3 Å². The third-order valence-electron chi connectivity index (χ3n) is 3.07. The van der Waals surface area contributed by atoms with E-state index in [0.717, 1.165) is 5.56 Å². The summed E-state index contributed by atoms with van der Waals surface area (Å²) in [4.78, 5) is 6.32. The van der Waals surface area contributed by atoms with Crippen LogP contribution in [0.25, 0.3) is 0 Å². The molecule has 0 radical (unpaired) electrons. The van der Waals surface area contributed by atoms with E-state index in [-0.39, 0.29) is 11.6 Å². The summed E-state index contributed by atoms with van der Waals surface area (Å²) < 4.78 is 5.71. The van der Waals surface area contributed by atoms with Gasteiger partial charge in [0.1, 0.15) is 6.61 Å². The van der Waals surface area contributed by atoms with E-state index in [4.69, 9.17) is 10.5 Å². The molecule has 4 heteroatoms. The Balaban J connectivity index is 2.67. The van der Waals surface area contributed by atoms with Gasteiger partial charge in [-0.2, -0.15) is 0 Å². The average Bonchev–Trinajstić information content (AvgIpc) is 2.26. The van der Waals surface area contributed by atoms with Gasteiger partial charge in [0.2, 0.25) is 5.88 Å². The van der Waals surface area contributed by atoms with Crippen molar-refractivity contribution in [1.82, 2.24) is 9.88 Å².